The number of likely N-dealkylation sites (tertiary alicyclic amines) is 1. The molecule has 76 valence electrons. The molecule has 0 saturated carbocycles. The number of carbonyl (C=O) groups excluding carboxylic acids is 1. The lowest BCUT2D eigenvalue weighted by Crippen LogP contribution is -2.36. The first-order valence-corrected chi connectivity index (χ1v) is 4.97. The van der Waals surface area contributed by atoms with Gasteiger partial charge in [-0.25, -0.2) is 0 Å². The molecule has 0 aromatic carbocycles. The van der Waals surface area contributed by atoms with Gasteiger partial charge in [0.1, 0.15) is 0 Å². The zero-order valence-electron chi connectivity index (χ0n) is 8.71. The molecule has 1 aliphatic heterocycles. The Morgan fingerprint density at radius 2 is 2.31 bits per heavy atom. The van der Waals surface area contributed by atoms with Crippen LogP contribution in [-0.2, 0) is 4.79 Å². The highest BCUT2D eigenvalue weighted by Crippen LogP contribution is 2.22. The molecule has 1 heterocycles. The second kappa shape index (κ2) is 3.66. The summed E-state index contributed by atoms with van der Waals surface area (Å²) >= 11 is 0. The summed E-state index contributed by atoms with van der Waals surface area (Å²) in [5.74, 6) is 0.272. The van der Waals surface area contributed by atoms with Crippen LogP contribution in [0.3, 0.4) is 0 Å². The van der Waals surface area contributed by atoms with Gasteiger partial charge in [-0.15, -0.1) is 0 Å². The van der Waals surface area contributed by atoms with Gasteiger partial charge in [0, 0.05) is 19.0 Å². The Labute approximate surface area is 79.7 Å². The predicted molar refractivity (Wildman–Crippen MR) is 51.3 cm³/mol. The van der Waals surface area contributed by atoms with E-state index in [0.29, 0.717) is 19.5 Å². The van der Waals surface area contributed by atoms with Crippen molar-refractivity contribution in [2.45, 2.75) is 39.2 Å². The highest BCUT2D eigenvalue weighted by Gasteiger charge is 2.34. The van der Waals surface area contributed by atoms with E-state index in [9.17, 15) is 9.90 Å². The average molecular weight is 185 g/mol. The minimum atomic E-state index is -0.664. The minimum Gasteiger partial charge on any atom is -0.388 e. The van der Waals surface area contributed by atoms with E-state index < -0.39 is 5.60 Å². The van der Waals surface area contributed by atoms with Crippen molar-refractivity contribution in [2.75, 3.05) is 13.1 Å². The summed E-state index contributed by atoms with van der Waals surface area (Å²) in [5.41, 5.74) is -0.664. The molecule has 2 atom stereocenters. The van der Waals surface area contributed by atoms with Crippen LogP contribution in [0.2, 0.25) is 0 Å². The molecule has 1 rings (SSSR count). The highest BCUT2D eigenvalue weighted by molar-refractivity contribution is 5.78. The fraction of sp³-hybridized carbons (Fsp3) is 0.900. The summed E-state index contributed by atoms with van der Waals surface area (Å²) in [6, 6.07) is 0. The Morgan fingerprint density at radius 3 is 2.69 bits per heavy atom. The molecular formula is C10H19NO2. The minimum absolute atomic E-state index is 0.0916. The standard InChI is InChI=1S/C10H19NO2/c1-4-8(2)9(12)11-6-5-10(3,13)7-11/h8,13H,4-7H2,1-3H3. The molecule has 1 saturated heterocycles. The molecule has 1 aliphatic rings. The predicted octanol–water partition coefficient (Wildman–Crippen LogP) is 1.02. The van der Waals surface area contributed by atoms with Gasteiger partial charge in [0.25, 0.3) is 0 Å². The maximum Gasteiger partial charge on any atom is 0.225 e. The number of nitrogens with zero attached hydrogens (tertiary/aromatic N) is 1. The maximum absolute atomic E-state index is 11.7. The number of hydrogen-bond donors (Lipinski definition) is 1. The number of aliphatic hydroxyl groups is 1. The number of carbonyl (C=O) groups is 1. The van der Waals surface area contributed by atoms with Gasteiger partial charge in [0.05, 0.1) is 5.60 Å². The lowest BCUT2D eigenvalue weighted by Gasteiger charge is -2.21. The zero-order chi connectivity index (χ0) is 10.1. The second-order valence-corrected chi connectivity index (χ2v) is 4.32. The summed E-state index contributed by atoms with van der Waals surface area (Å²) in [7, 11) is 0. The van der Waals surface area contributed by atoms with Crippen LogP contribution in [0.4, 0.5) is 0 Å². The third-order valence-electron chi connectivity index (χ3n) is 2.80. The van der Waals surface area contributed by atoms with Crippen molar-refractivity contribution >= 4 is 5.91 Å². The Balaban J connectivity index is 2.51. The molecule has 0 aromatic rings. The van der Waals surface area contributed by atoms with Crippen LogP contribution >= 0.6 is 0 Å². The van der Waals surface area contributed by atoms with Gasteiger partial charge >= 0.3 is 0 Å². The second-order valence-electron chi connectivity index (χ2n) is 4.32. The van der Waals surface area contributed by atoms with Crippen LogP contribution in [0.1, 0.15) is 33.6 Å². The van der Waals surface area contributed by atoms with Crippen LogP contribution in [0.25, 0.3) is 0 Å². The largest absolute Gasteiger partial charge is 0.388 e. The van der Waals surface area contributed by atoms with Crippen LogP contribution in [0.15, 0.2) is 0 Å². The summed E-state index contributed by atoms with van der Waals surface area (Å²) in [4.78, 5) is 13.5. The summed E-state index contributed by atoms with van der Waals surface area (Å²) in [6.07, 6.45) is 1.58. The summed E-state index contributed by atoms with van der Waals surface area (Å²) in [6.45, 7) is 6.94. The molecule has 1 fully saturated rings. The van der Waals surface area contributed by atoms with E-state index in [4.69, 9.17) is 0 Å². The van der Waals surface area contributed by atoms with Gasteiger partial charge in [0.2, 0.25) is 5.91 Å². The Morgan fingerprint density at radius 1 is 1.69 bits per heavy atom. The van der Waals surface area contributed by atoms with Crippen molar-refractivity contribution < 1.29 is 9.90 Å². The van der Waals surface area contributed by atoms with Crippen molar-refractivity contribution in [1.82, 2.24) is 4.90 Å². The van der Waals surface area contributed by atoms with Gasteiger partial charge in [-0.3, -0.25) is 4.79 Å². The number of rotatable bonds is 2. The van der Waals surface area contributed by atoms with Crippen LogP contribution in [-0.4, -0.2) is 34.6 Å². The van der Waals surface area contributed by atoms with Crippen LogP contribution < -0.4 is 0 Å². The average Bonchev–Trinajstić information content (AvgIpc) is 2.43. The molecule has 0 bridgehead atoms. The number of amides is 1. The first-order valence-electron chi connectivity index (χ1n) is 4.97. The van der Waals surface area contributed by atoms with Gasteiger partial charge < -0.3 is 10.0 Å². The smallest absolute Gasteiger partial charge is 0.225 e. The molecule has 1 N–H and O–H groups in total. The maximum atomic E-state index is 11.7. The number of β-amino-alcohol motifs (C(OH)–C–C–N with tert-alkyl or cyclic N) is 1. The monoisotopic (exact) mass is 185 g/mol. The van der Waals surface area contributed by atoms with E-state index in [2.05, 4.69) is 0 Å². The van der Waals surface area contributed by atoms with Crippen molar-refractivity contribution in [3.63, 3.8) is 0 Å². The molecule has 0 aliphatic carbocycles. The zero-order valence-corrected chi connectivity index (χ0v) is 8.71. The Hall–Kier alpha value is -0.570. The lowest BCUT2D eigenvalue weighted by molar-refractivity contribution is -0.134. The van der Waals surface area contributed by atoms with Gasteiger partial charge in [0.15, 0.2) is 0 Å². The van der Waals surface area contributed by atoms with E-state index >= 15 is 0 Å². The van der Waals surface area contributed by atoms with Crippen molar-refractivity contribution in [1.29, 1.82) is 0 Å². The Kier molecular flexibility index (Phi) is 2.96. The first-order chi connectivity index (χ1) is 5.96. The quantitative estimate of drug-likeness (QED) is 0.697. The summed E-state index contributed by atoms with van der Waals surface area (Å²) < 4.78 is 0. The molecule has 0 radical (unpaired) electrons. The molecular weight excluding hydrogens is 166 g/mol. The van der Waals surface area contributed by atoms with Crippen molar-refractivity contribution in [2.24, 2.45) is 5.92 Å². The molecule has 0 aromatic heterocycles. The van der Waals surface area contributed by atoms with Crippen LogP contribution in [0, 0.1) is 5.92 Å². The molecule has 3 heteroatoms. The first kappa shape index (κ1) is 10.5. The number of hydrogen-bond acceptors (Lipinski definition) is 2. The van der Waals surface area contributed by atoms with E-state index in [-0.39, 0.29) is 11.8 Å². The highest BCUT2D eigenvalue weighted by atomic mass is 16.3. The Bertz CT molecular complexity index is 201. The topological polar surface area (TPSA) is 40.5 Å². The van der Waals surface area contributed by atoms with Crippen molar-refractivity contribution in [3.05, 3.63) is 0 Å². The van der Waals surface area contributed by atoms with Gasteiger partial charge in [-0.2, -0.15) is 0 Å². The fourth-order valence-electron chi connectivity index (χ4n) is 1.62. The lowest BCUT2D eigenvalue weighted by atomic mass is 10.1. The molecule has 13 heavy (non-hydrogen) atoms. The molecule has 3 nitrogen and oxygen atoms in total. The van der Waals surface area contributed by atoms with E-state index in [0.717, 1.165) is 6.42 Å². The third kappa shape index (κ3) is 2.44. The SMILES string of the molecule is CCC(C)C(=O)N1CCC(C)(O)C1. The molecule has 1 amide bonds. The summed E-state index contributed by atoms with van der Waals surface area (Å²) in [5, 5.41) is 9.67. The fourth-order valence-corrected chi connectivity index (χ4v) is 1.62. The van der Waals surface area contributed by atoms with Crippen LogP contribution in [0.5, 0.6) is 0 Å². The van der Waals surface area contributed by atoms with Crippen molar-refractivity contribution in [3.8, 4) is 0 Å². The van der Waals surface area contributed by atoms with E-state index in [1.807, 2.05) is 13.8 Å². The third-order valence-corrected chi connectivity index (χ3v) is 2.80. The van der Waals surface area contributed by atoms with Gasteiger partial charge in [-0.05, 0) is 19.8 Å². The van der Waals surface area contributed by atoms with E-state index in [1.165, 1.54) is 0 Å². The normalized spacial score (nSPS) is 30.6. The molecule has 2 unspecified atom stereocenters. The molecule has 0 spiro atoms. The van der Waals surface area contributed by atoms with Gasteiger partial charge in [-0.1, -0.05) is 13.8 Å². The van der Waals surface area contributed by atoms with E-state index in [1.54, 1.807) is 11.8 Å².